The van der Waals surface area contributed by atoms with Gasteiger partial charge in [-0.25, -0.2) is 4.79 Å². The molecule has 4 nitrogen and oxygen atoms in total. The van der Waals surface area contributed by atoms with Gasteiger partial charge in [0.05, 0.1) is 6.04 Å². The molecule has 1 aliphatic carbocycles. The maximum Gasteiger partial charge on any atom is 0.371 e. The lowest BCUT2D eigenvalue weighted by atomic mass is 9.95. The second-order valence-corrected chi connectivity index (χ2v) is 4.73. The van der Waals surface area contributed by atoms with Crippen molar-refractivity contribution in [2.45, 2.75) is 51.1 Å². The average Bonchev–Trinajstić information content (AvgIpc) is 2.79. The highest BCUT2D eigenvalue weighted by atomic mass is 16.4. The van der Waals surface area contributed by atoms with Gasteiger partial charge in [-0.1, -0.05) is 19.3 Å². The van der Waals surface area contributed by atoms with E-state index in [4.69, 9.17) is 9.52 Å². The Bertz CT molecular complexity index is 380. The van der Waals surface area contributed by atoms with Crippen molar-refractivity contribution in [2.24, 2.45) is 0 Å². The lowest BCUT2D eigenvalue weighted by Gasteiger charge is -2.25. The number of carboxylic acid groups (broad SMARTS) is 1. The number of nitrogens with one attached hydrogen (secondary N) is 1. The molecule has 1 fully saturated rings. The van der Waals surface area contributed by atoms with Crippen molar-refractivity contribution in [1.29, 1.82) is 0 Å². The molecule has 1 saturated carbocycles. The summed E-state index contributed by atoms with van der Waals surface area (Å²) < 4.78 is 5.29. The van der Waals surface area contributed by atoms with E-state index in [0.29, 0.717) is 11.8 Å². The minimum Gasteiger partial charge on any atom is -0.475 e. The Hall–Kier alpha value is -1.29. The highest BCUT2D eigenvalue weighted by Gasteiger charge is 2.19. The van der Waals surface area contributed by atoms with E-state index in [1.165, 1.54) is 38.2 Å². The third kappa shape index (κ3) is 3.09. The van der Waals surface area contributed by atoms with Crippen LogP contribution in [0.25, 0.3) is 0 Å². The third-order valence-electron chi connectivity index (χ3n) is 3.36. The number of hydrogen-bond donors (Lipinski definition) is 2. The predicted octanol–water partition coefficient (Wildman–Crippen LogP) is 2.96. The van der Waals surface area contributed by atoms with Crippen molar-refractivity contribution in [3.63, 3.8) is 0 Å². The van der Waals surface area contributed by atoms with Crippen LogP contribution in [0.2, 0.25) is 0 Å². The quantitative estimate of drug-likeness (QED) is 0.845. The zero-order valence-electron chi connectivity index (χ0n) is 10.1. The standard InChI is InChI=1S/C13H19NO3/c1-9(14-10-5-3-2-4-6-10)11-7-8-12(17-11)13(15)16/h7-10,14H,2-6H2,1H3,(H,15,16). The molecule has 0 bridgehead atoms. The lowest BCUT2D eigenvalue weighted by molar-refractivity contribution is 0.0659. The second-order valence-electron chi connectivity index (χ2n) is 4.73. The molecule has 0 aliphatic heterocycles. The van der Waals surface area contributed by atoms with Crippen LogP contribution in [0.5, 0.6) is 0 Å². The third-order valence-corrected chi connectivity index (χ3v) is 3.36. The van der Waals surface area contributed by atoms with Gasteiger partial charge in [-0.3, -0.25) is 0 Å². The first-order valence-electron chi connectivity index (χ1n) is 6.26. The van der Waals surface area contributed by atoms with E-state index in [1.807, 2.05) is 6.92 Å². The summed E-state index contributed by atoms with van der Waals surface area (Å²) in [5.41, 5.74) is 0. The van der Waals surface area contributed by atoms with Gasteiger partial charge in [0.25, 0.3) is 0 Å². The van der Waals surface area contributed by atoms with Gasteiger partial charge in [0.15, 0.2) is 0 Å². The number of carboxylic acids is 1. The minimum absolute atomic E-state index is 0.0114. The van der Waals surface area contributed by atoms with Crippen LogP contribution < -0.4 is 5.32 Å². The van der Waals surface area contributed by atoms with E-state index < -0.39 is 5.97 Å². The molecule has 0 radical (unpaired) electrons. The minimum atomic E-state index is -1.01. The van der Waals surface area contributed by atoms with Crippen molar-refractivity contribution >= 4 is 5.97 Å². The van der Waals surface area contributed by atoms with Gasteiger partial charge in [-0.05, 0) is 31.9 Å². The molecular formula is C13H19NO3. The van der Waals surface area contributed by atoms with Gasteiger partial charge in [-0.15, -0.1) is 0 Å². The maximum atomic E-state index is 10.7. The van der Waals surface area contributed by atoms with Crippen LogP contribution in [0.15, 0.2) is 16.5 Å². The molecule has 0 aromatic carbocycles. The largest absolute Gasteiger partial charge is 0.475 e. The number of aromatic carboxylic acids is 1. The number of rotatable bonds is 4. The zero-order valence-corrected chi connectivity index (χ0v) is 10.1. The van der Waals surface area contributed by atoms with E-state index in [0.717, 1.165) is 0 Å². The predicted molar refractivity (Wildman–Crippen MR) is 64.1 cm³/mol. The Morgan fingerprint density at radius 1 is 1.41 bits per heavy atom. The number of carbonyl (C=O) groups is 1. The smallest absolute Gasteiger partial charge is 0.371 e. The molecule has 4 heteroatoms. The highest BCUT2D eigenvalue weighted by Crippen LogP contribution is 2.22. The van der Waals surface area contributed by atoms with Crippen LogP contribution in [-0.2, 0) is 0 Å². The van der Waals surface area contributed by atoms with Gasteiger partial charge in [0.1, 0.15) is 5.76 Å². The van der Waals surface area contributed by atoms with Crippen molar-refractivity contribution in [3.8, 4) is 0 Å². The van der Waals surface area contributed by atoms with Crippen molar-refractivity contribution < 1.29 is 14.3 Å². The molecule has 1 aromatic rings. The van der Waals surface area contributed by atoms with Gasteiger partial charge in [-0.2, -0.15) is 0 Å². The van der Waals surface area contributed by atoms with Crippen LogP contribution in [0.3, 0.4) is 0 Å². The lowest BCUT2D eigenvalue weighted by Crippen LogP contribution is -2.32. The second kappa shape index (κ2) is 5.36. The molecule has 17 heavy (non-hydrogen) atoms. The Morgan fingerprint density at radius 2 is 2.12 bits per heavy atom. The normalized spacial score (nSPS) is 19.1. The van der Waals surface area contributed by atoms with Crippen LogP contribution in [0.4, 0.5) is 0 Å². The SMILES string of the molecule is CC(NC1CCCCC1)c1ccc(C(=O)O)o1. The molecule has 0 saturated heterocycles. The van der Waals surface area contributed by atoms with Gasteiger partial charge in [0.2, 0.25) is 5.76 Å². The van der Waals surface area contributed by atoms with Crippen LogP contribution in [-0.4, -0.2) is 17.1 Å². The molecule has 94 valence electrons. The Labute approximate surface area is 101 Å². The van der Waals surface area contributed by atoms with E-state index in [2.05, 4.69) is 5.32 Å². The van der Waals surface area contributed by atoms with Crippen molar-refractivity contribution in [3.05, 3.63) is 23.7 Å². The maximum absolute atomic E-state index is 10.7. The van der Waals surface area contributed by atoms with Crippen LogP contribution >= 0.6 is 0 Å². The van der Waals surface area contributed by atoms with Gasteiger partial charge < -0.3 is 14.8 Å². The summed E-state index contributed by atoms with van der Waals surface area (Å²) in [6.07, 6.45) is 6.30. The molecule has 1 atom stereocenters. The molecule has 1 aromatic heterocycles. The van der Waals surface area contributed by atoms with Crippen LogP contribution in [0.1, 0.15) is 61.4 Å². The Morgan fingerprint density at radius 3 is 2.71 bits per heavy atom. The van der Waals surface area contributed by atoms with Crippen LogP contribution in [0, 0.1) is 0 Å². The summed E-state index contributed by atoms with van der Waals surface area (Å²) in [5.74, 6) is -0.300. The molecule has 0 spiro atoms. The first-order chi connectivity index (χ1) is 8.16. The summed E-state index contributed by atoms with van der Waals surface area (Å²) in [4.78, 5) is 10.7. The molecule has 2 rings (SSSR count). The highest BCUT2D eigenvalue weighted by molar-refractivity contribution is 5.84. The Kier molecular flexibility index (Phi) is 3.84. The fraction of sp³-hybridized carbons (Fsp3) is 0.615. The Balaban J connectivity index is 1.93. The van der Waals surface area contributed by atoms with Crippen molar-refractivity contribution in [1.82, 2.24) is 5.32 Å². The summed E-state index contributed by atoms with van der Waals surface area (Å²) >= 11 is 0. The fourth-order valence-corrected chi connectivity index (χ4v) is 2.41. The zero-order chi connectivity index (χ0) is 12.3. The molecule has 1 heterocycles. The molecular weight excluding hydrogens is 218 g/mol. The fourth-order valence-electron chi connectivity index (χ4n) is 2.41. The summed E-state index contributed by atoms with van der Waals surface area (Å²) in [7, 11) is 0. The molecule has 0 amide bonds. The number of hydrogen-bond acceptors (Lipinski definition) is 3. The first-order valence-corrected chi connectivity index (χ1v) is 6.26. The summed E-state index contributed by atoms with van der Waals surface area (Å²) in [6.45, 7) is 2.01. The average molecular weight is 237 g/mol. The molecule has 1 unspecified atom stereocenters. The van der Waals surface area contributed by atoms with Gasteiger partial charge >= 0.3 is 5.97 Å². The number of furan rings is 1. The van der Waals surface area contributed by atoms with Gasteiger partial charge in [0, 0.05) is 6.04 Å². The van der Waals surface area contributed by atoms with E-state index in [-0.39, 0.29) is 11.8 Å². The van der Waals surface area contributed by atoms with E-state index in [9.17, 15) is 4.79 Å². The topological polar surface area (TPSA) is 62.5 Å². The first kappa shape index (κ1) is 12.2. The van der Waals surface area contributed by atoms with E-state index in [1.54, 1.807) is 6.07 Å². The summed E-state index contributed by atoms with van der Waals surface area (Å²) in [6, 6.07) is 3.86. The van der Waals surface area contributed by atoms with Crippen molar-refractivity contribution in [2.75, 3.05) is 0 Å². The molecule has 1 aliphatic rings. The summed E-state index contributed by atoms with van der Waals surface area (Å²) in [5, 5.41) is 12.3. The monoisotopic (exact) mass is 237 g/mol. The van der Waals surface area contributed by atoms with E-state index >= 15 is 0 Å². The molecule has 2 N–H and O–H groups in total.